The van der Waals surface area contributed by atoms with Crippen LogP contribution in [0.3, 0.4) is 0 Å². The Morgan fingerprint density at radius 3 is 2.27 bits per heavy atom. The van der Waals surface area contributed by atoms with Gasteiger partial charge in [0.1, 0.15) is 5.78 Å². The molecule has 40 heavy (non-hydrogen) atoms. The van der Waals surface area contributed by atoms with Gasteiger partial charge < -0.3 is 9.80 Å². The molecule has 0 aromatic rings. The molecule has 224 valence electrons. The van der Waals surface area contributed by atoms with Gasteiger partial charge in [-0.3, -0.25) is 9.59 Å². The molecule has 1 aliphatic heterocycles. The third-order valence-corrected chi connectivity index (χ3v) is 15.3. The average molecular weight is 551 g/mol. The molecular formula is C36H58N2O2. The lowest BCUT2D eigenvalue weighted by atomic mass is 9.33. The van der Waals surface area contributed by atoms with Crippen molar-refractivity contribution in [2.75, 3.05) is 32.7 Å². The topological polar surface area (TPSA) is 40.6 Å². The number of hydrogen-bond acceptors (Lipinski definition) is 3. The molecule has 6 aliphatic rings. The molecular weight excluding hydrogens is 492 g/mol. The van der Waals surface area contributed by atoms with Crippen LogP contribution in [-0.4, -0.2) is 54.2 Å². The largest absolute Gasteiger partial charge is 0.340 e. The Morgan fingerprint density at radius 1 is 0.900 bits per heavy atom. The van der Waals surface area contributed by atoms with Crippen molar-refractivity contribution >= 4 is 11.7 Å². The van der Waals surface area contributed by atoms with Crippen molar-refractivity contribution in [1.82, 2.24) is 9.80 Å². The molecule has 5 fully saturated rings. The van der Waals surface area contributed by atoms with Gasteiger partial charge in [-0.1, -0.05) is 67.0 Å². The number of rotatable bonds is 2. The Labute approximate surface area is 245 Å². The molecule has 0 aromatic heterocycles. The fraction of sp³-hybridized carbons (Fsp3) is 0.889. The van der Waals surface area contributed by atoms with Gasteiger partial charge >= 0.3 is 0 Å². The summed E-state index contributed by atoms with van der Waals surface area (Å²) >= 11 is 0. The SMILES string of the molecule is CCN1CCN(C(=O)[C@]23CC[C@@H](C)[C@H](C)[C@@H]2C2=CC[C@@H]4[C@@]5(C)CCC(=O)C(C)(C)[C@@H]5CC[C@@]4(C)[C@]2(C)CC3)CC1. The number of nitrogens with zero attached hydrogens (tertiary/aromatic N) is 2. The van der Waals surface area contributed by atoms with Gasteiger partial charge in [0.05, 0.1) is 5.41 Å². The molecule has 0 spiro atoms. The fourth-order valence-corrected chi connectivity index (χ4v) is 12.2. The van der Waals surface area contributed by atoms with Crippen molar-refractivity contribution in [3.63, 3.8) is 0 Å². The Morgan fingerprint density at radius 2 is 1.60 bits per heavy atom. The number of amides is 1. The van der Waals surface area contributed by atoms with E-state index in [4.69, 9.17) is 0 Å². The highest BCUT2D eigenvalue weighted by molar-refractivity contribution is 5.86. The predicted molar refractivity (Wildman–Crippen MR) is 163 cm³/mol. The summed E-state index contributed by atoms with van der Waals surface area (Å²) in [5, 5.41) is 0. The number of ketones is 1. The number of carbonyl (C=O) groups is 2. The molecule has 9 atom stereocenters. The van der Waals surface area contributed by atoms with Crippen molar-refractivity contribution in [1.29, 1.82) is 0 Å². The molecule has 1 heterocycles. The zero-order chi connectivity index (χ0) is 28.9. The van der Waals surface area contributed by atoms with E-state index < -0.39 is 0 Å². The minimum Gasteiger partial charge on any atom is -0.340 e. The van der Waals surface area contributed by atoms with E-state index in [1.54, 1.807) is 5.57 Å². The quantitative estimate of drug-likeness (QED) is 0.337. The number of hydrogen-bond donors (Lipinski definition) is 0. The summed E-state index contributed by atoms with van der Waals surface area (Å²) in [6, 6.07) is 0. The summed E-state index contributed by atoms with van der Waals surface area (Å²) in [6.07, 6.45) is 12.5. The number of allylic oxidation sites excluding steroid dienone is 2. The second-order valence-electron chi connectivity index (χ2n) is 16.7. The van der Waals surface area contributed by atoms with Crippen LogP contribution in [0.1, 0.15) is 113 Å². The van der Waals surface area contributed by atoms with E-state index in [2.05, 4.69) is 71.3 Å². The van der Waals surface area contributed by atoms with E-state index in [1.165, 1.54) is 19.3 Å². The summed E-state index contributed by atoms with van der Waals surface area (Å²) < 4.78 is 0. The van der Waals surface area contributed by atoms with Gasteiger partial charge in [0, 0.05) is 38.0 Å². The maximum atomic E-state index is 14.7. The van der Waals surface area contributed by atoms with Crippen LogP contribution in [0.15, 0.2) is 11.6 Å². The molecule has 6 rings (SSSR count). The molecule has 0 unspecified atom stereocenters. The van der Waals surface area contributed by atoms with E-state index in [-0.39, 0.29) is 27.1 Å². The molecule has 5 aliphatic carbocycles. The molecule has 0 aromatic carbocycles. The zero-order valence-electron chi connectivity index (χ0n) is 27.1. The first-order valence-electron chi connectivity index (χ1n) is 17.0. The lowest BCUT2D eigenvalue weighted by Crippen LogP contribution is -2.66. The second kappa shape index (κ2) is 9.42. The molecule has 0 N–H and O–H groups in total. The maximum absolute atomic E-state index is 14.7. The summed E-state index contributed by atoms with van der Waals surface area (Å²) in [6.45, 7) is 24.4. The number of carbonyl (C=O) groups excluding carboxylic acids is 2. The Bertz CT molecular complexity index is 1090. The van der Waals surface area contributed by atoms with Crippen LogP contribution in [0, 0.1) is 56.7 Å². The lowest BCUT2D eigenvalue weighted by Gasteiger charge is -2.71. The fourth-order valence-electron chi connectivity index (χ4n) is 12.2. The second-order valence-corrected chi connectivity index (χ2v) is 16.7. The van der Waals surface area contributed by atoms with E-state index >= 15 is 0 Å². The van der Waals surface area contributed by atoms with Crippen LogP contribution in [0.25, 0.3) is 0 Å². The van der Waals surface area contributed by atoms with Gasteiger partial charge in [0.15, 0.2) is 0 Å². The summed E-state index contributed by atoms with van der Waals surface area (Å²) in [5.41, 5.74) is 1.82. The monoisotopic (exact) mass is 550 g/mol. The van der Waals surface area contributed by atoms with Gasteiger partial charge in [-0.05, 0) is 104 Å². The molecule has 0 radical (unpaired) electrons. The molecule has 1 amide bonds. The molecule has 0 bridgehead atoms. The molecule has 1 saturated heterocycles. The lowest BCUT2D eigenvalue weighted by molar-refractivity contribution is -0.189. The summed E-state index contributed by atoms with van der Waals surface area (Å²) in [5.74, 6) is 3.65. The van der Waals surface area contributed by atoms with Gasteiger partial charge in [-0.25, -0.2) is 0 Å². The van der Waals surface area contributed by atoms with Crippen LogP contribution in [0.4, 0.5) is 0 Å². The van der Waals surface area contributed by atoms with Crippen LogP contribution < -0.4 is 0 Å². The number of Topliss-reactive ketones (excluding diaryl/α,β-unsaturated/α-hetero) is 1. The highest BCUT2D eigenvalue weighted by Gasteiger charge is 2.69. The van der Waals surface area contributed by atoms with Gasteiger partial charge in [0.2, 0.25) is 5.91 Å². The Balaban J connectivity index is 1.39. The van der Waals surface area contributed by atoms with Gasteiger partial charge in [-0.15, -0.1) is 0 Å². The number of likely N-dealkylation sites (N-methyl/N-ethyl adjacent to an activating group) is 1. The van der Waals surface area contributed by atoms with Crippen LogP contribution >= 0.6 is 0 Å². The summed E-state index contributed by atoms with van der Waals surface area (Å²) in [4.78, 5) is 32.5. The van der Waals surface area contributed by atoms with Crippen LogP contribution in [0.2, 0.25) is 0 Å². The van der Waals surface area contributed by atoms with Crippen molar-refractivity contribution < 1.29 is 9.59 Å². The predicted octanol–water partition coefficient (Wildman–Crippen LogP) is 7.38. The smallest absolute Gasteiger partial charge is 0.229 e. The zero-order valence-corrected chi connectivity index (χ0v) is 27.1. The minimum absolute atomic E-state index is 0.135. The first-order chi connectivity index (χ1) is 18.8. The molecule has 4 heteroatoms. The van der Waals surface area contributed by atoms with E-state index in [1.807, 2.05) is 0 Å². The van der Waals surface area contributed by atoms with Crippen molar-refractivity contribution in [2.45, 2.75) is 113 Å². The van der Waals surface area contributed by atoms with Gasteiger partial charge in [-0.2, -0.15) is 0 Å². The van der Waals surface area contributed by atoms with Crippen LogP contribution in [0.5, 0.6) is 0 Å². The maximum Gasteiger partial charge on any atom is 0.229 e. The highest BCUT2D eigenvalue weighted by atomic mass is 16.2. The van der Waals surface area contributed by atoms with Crippen LogP contribution in [-0.2, 0) is 9.59 Å². The van der Waals surface area contributed by atoms with Crippen molar-refractivity contribution in [3.8, 4) is 0 Å². The first kappa shape index (κ1) is 28.9. The molecule has 4 saturated carbocycles. The standard InChI is InChI=1S/C36H58N2O2/c1-9-37-20-22-38(23-21-37)31(40)36-17-12-24(2)25(3)30(36)26-10-11-28-33(6)15-14-29(39)32(4,5)27(33)13-16-35(28,8)34(26,7)18-19-36/h10,24-25,27-28,30H,9,11-23H2,1-8H3/t24-,25+,27+,28-,30-,33+,34-,35-,36+/m1/s1. The highest BCUT2D eigenvalue weighted by Crippen LogP contribution is 2.75. The van der Waals surface area contributed by atoms with E-state index in [0.717, 1.165) is 71.2 Å². The Kier molecular flexibility index (Phi) is 6.81. The third kappa shape index (κ3) is 3.65. The minimum atomic E-state index is -0.213. The third-order valence-electron chi connectivity index (χ3n) is 15.3. The Hall–Kier alpha value is -1.16. The van der Waals surface area contributed by atoms with E-state index in [9.17, 15) is 9.59 Å². The molecule has 4 nitrogen and oxygen atoms in total. The number of piperazine rings is 1. The van der Waals surface area contributed by atoms with Crippen molar-refractivity contribution in [2.24, 2.45) is 56.7 Å². The van der Waals surface area contributed by atoms with Gasteiger partial charge in [0.25, 0.3) is 0 Å². The first-order valence-corrected chi connectivity index (χ1v) is 17.0. The average Bonchev–Trinajstić information content (AvgIpc) is 2.93. The number of fused-ring (bicyclic) bond motifs is 7. The summed E-state index contributed by atoms with van der Waals surface area (Å²) in [7, 11) is 0. The normalized spacial score (nSPS) is 48.8. The van der Waals surface area contributed by atoms with E-state index in [0.29, 0.717) is 41.3 Å². The van der Waals surface area contributed by atoms with Crippen molar-refractivity contribution in [3.05, 3.63) is 11.6 Å².